The molecule has 1 N–H and O–H groups in total. The molecule has 1 fully saturated rings. The third-order valence-electron chi connectivity index (χ3n) is 4.02. The van der Waals surface area contributed by atoms with Gasteiger partial charge in [0.2, 0.25) is 0 Å². The van der Waals surface area contributed by atoms with Gasteiger partial charge < -0.3 is 10.0 Å². The molecule has 0 radical (unpaired) electrons. The summed E-state index contributed by atoms with van der Waals surface area (Å²) in [6.07, 6.45) is 2.69. The molecule has 1 unspecified atom stereocenters. The summed E-state index contributed by atoms with van der Waals surface area (Å²) in [5.74, 6) is -0.937. The molecule has 0 aliphatic carbocycles. The van der Waals surface area contributed by atoms with E-state index in [9.17, 15) is 9.59 Å². The van der Waals surface area contributed by atoms with Crippen LogP contribution in [0.5, 0.6) is 0 Å². The highest BCUT2D eigenvalue weighted by molar-refractivity contribution is 5.96. The maximum absolute atomic E-state index is 12.7. The zero-order valence-electron chi connectivity index (χ0n) is 12.2. The number of amides is 1. The molecule has 1 aliphatic heterocycles. The molecule has 1 aromatic heterocycles. The number of carboxylic acids is 1. The van der Waals surface area contributed by atoms with Gasteiger partial charge in [-0.05, 0) is 33.1 Å². The molecule has 2 rings (SSSR count). The maximum atomic E-state index is 12.7. The van der Waals surface area contributed by atoms with Gasteiger partial charge in [-0.15, -0.1) is 0 Å². The summed E-state index contributed by atoms with van der Waals surface area (Å²) in [4.78, 5) is 25.4. The molecule has 1 aliphatic rings. The molecule has 6 nitrogen and oxygen atoms in total. The van der Waals surface area contributed by atoms with Crippen LogP contribution in [0, 0.1) is 13.8 Å². The first-order chi connectivity index (χ1) is 9.41. The Hall–Kier alpha value is -1.85. The Morgan fingerprint density at radius 3 is 2.60 bits per heavy atom. The zero-order valence-corrected chi connectivity index (χ0v) is 12.2. The first kappa shape index (κ1) is 14.6. The number of carbonyl (C=O) groups is 2. The summed E-state index contributed by atoms with van der Waals surface area (Å²) in [6, 6.07) is -0.201. The minimum absolute atomic E-state index is 0.0180. The van der Waals surface area contributed by atoms with Crippen LogP contribution in [-0.2, 0) is 11.8 Å². The molecule has 1 atom stereocenters. The van der Waals surface area contributed by atoms with Gasteiger partial charge in [0.05, 0.1) is 17.7 Å². The number of hydrogen-bond acceptors (Lipinski definition) is 3. The lowest BCUT2D eigenvalue weighted by Crippen LogP contribution is -2.45. The minimum Gasteiger partial charge on any atom is -0.481 e. The van der Waals surface area contributed by atoms with E-state index >= 15 is 0 Å². The number of piperidine rings is 1. The molecular formula is C14H21N3O3. The third-order valence-corrected chi connectivity index (χ3v) is 4.02. The predicted octanol–water partition coefficient (Wildman–Crippen LogP) is 1.51. The number of aliphatic carboxylic acids is 1. The van der Waals surface area contributed by atoms with E-state index in [1.807, 2.05) is 20.9 Å². The fourth-order valence-electron chi connectivity index (χ4n) is 2.91. The molecule has 0 aromatic carbocycles. The second-order valence-corrected chi connectivity index (χ2v) is 5.42. The Morgan fingerprint density at radius 1 is 1.35 bits per heavy atom. The maximum Gasteiger partial charge on any atom is 0.305 e. The summed E-state index contributed by atoms with van der Waals surface area (Å²) in [5.41, 5.74) is 2.14. The van der Waals surface area contributed by atoms with Crippen LogP contribution in [0.2, 0.25) is 0 Å². The molecular weight excluding hydrogens is 258 g/mol. The van der Waals surface area contributed by atoms with Crippen molar-refractivity contribution in [3.8, 4) is 0 Å². The Bertz CT molecular complexity index is 536. The van der Waals surface area contributed by atoms with Crippen LogP contribution in [0.1, 0.15) is 47.4 Å². The molecule has 20 heavy (non-hydrogen) atoms. The van der Waals surface area contributed by atoms with Crippen molar-refractivity contribution in [1.29, 1.82) is 0 Å². The summed E-state index contributed by atoms with van der Waals surface area (Å²) in [7, 11) is 1.81. The minimum atomic E-state index is -0.852. The fourth-order valence-corrected chi connectivity index (χ4v) is 2.91. The number of hydrogen-bond donors (Lipinski definition) is 1. The number of carboxylic acid groups (broad SMARTS) is 1. The van der Waals surface area contributed by atoms with E-state index in [0.29, 0.717) is 17.8 Å². The van der Waals surface area contributed by atoms with Gasteiger partial charge in [0.1, 0.15) is 0 Å². The van der Waals surface area contributed by atoms with E-state index in [2.05, 4.69) is 5.10 Å². The molecule has 1 aromatic rings. The molecule has 0 saturated carbocycles. The Labute approximate surface area is 118 Å². The zero-order chi connectivity index (χ0) is 14.9. The van der Waals surface area contributed by atoms with Crippen LogP contribution < -0.4 is 0 Å². The first-order valence-corrected chi connectivity index (χ1v) is 6.94. The van der Waals surface area contributed by atoms with Gasteiger partial charge in [-0.3, -0.25) is 14.3 Å². The molecule has 1 saturated heterocycles. The molecule has 110 valence electrons. The second kappa shape index (κ2) is 5.64. The van der Waals surface area contributed by atoms with Crippen LogP contribution in [-0.4, -0.2) is 44.3 Å². The molecule has 0 bridgehead atoms. The van der Waals surface area contributed by atoms with Crippen LogP contribution in [0.15, 0.2) is 0 Å². The van der Waals surface area contributed by atoms with Gasteiger partial charge in [-0.2, -0.15) is 5.10 Å². The van der Waals surface area contributed by atoms with Crippen molar-refractivity contribution in [3.63, 3.8) is 0 Å². The highest BCUT2D eigenvalue weighted by atomic mass is 16.4. The van der Waals surface area contributed by atoms with Crippen molar-refractivity contribution in [2.45, 2.75) is 45.6 Å². The molecule has 6 heteroatoms. The van der Waals surface area contributed by atoms with E-state index < -0.39 is 5.97 Å². The van der Waals surface area contributed by atoms with E-state index in [1.165, 1.54) is 0 Å². The van der Waals surface area contributed by atoms with Crippen molar-refractivity contribution >= 4 is 11.9 Å². The monoisotopic (exact) mass is 279 g/mol. The third kappa shape index (κ3) is 2.69. The average molecular weight is 279 g/mol. The summed E-state index contributed by atoms with van der Waals surface area (Å²) < 4.78 is 1.69. The van der Waals surface area contributed by atoms with Gasteiger partial charge in [-0.25, -0.2) is 0 Å². The lowest BCUT2D eigenvalue weighted by atomic mass is 9.98. The molecule has 1 amide bonds. The number of nitrogens with zero attached hydrogens (tertiary/aromatic N) is 3. The van der Waals surface area contributed by atoms with E-state index in [4.69, 9.17) is 5.11 Å². The van der Waals surface area contributed by atoms with Crippen molar-refractivity contribution in [2.24, 2.45) is 7.05 Å². The van der Waals surface area contributed by atoms with Gasteiger partial charge in [0.25, 0.3) is 5.91 Å². The molecule has 0 spiro atoms. The van der Waals surface area contributed by atoms with E-state index in [1.54, 1.807) is 9.58 Å². The smallest absolute Gasteiger partial charge is 0.305 e. The number of carbonyl (C=O) groups excluding carboxylic acids is 1. The van der Waals surface area contributed by atoms with Crippen LogP contribution >= 0.6 is 0 Å². The van der Waals surface area contributed by atoms with Crippen LogP contribution in [0.4, 0.5) is 0 Å². The number of likely N-dealkylation sites (tertiary alicyclic amines) is 1. The van der Waals surface area contributed by atoms with Gasteiger partial charge in [-0.1, -0.05) is 0 Å². The quantitative estimate of drug-likeness (QED) is 0.910. The highest BCUT2D eigenvalue weighted by Crippen LogP contribution is 2.24. The average Bonchev–Trinajstić information content (AvgIpc) is 2.62. The fraction of sp³-hybridized carbons (Fsp3) is 0.643. The second-order valence-electron chi connectivity index (χ2n) is 5.42. The summed E-state index contributed by atoms with van der Waals surface area (Å²) in [6.45, 7) is 4.31. The predicted molar refractivity (Wildman–Crippen MR) is 73.6 cm³/mol. The Kier molecular flexibility index (Phi) is 4.11. The van der Waals surface area contributed by atoms with Gasteiger partial charge >= 0.3 is 5.97 Å². The standard InChI is InChI=1S/C14H21N3O3/c1-9-13(10(2)16(3)15-9)14(20)17-7-5-4-6-11(17)8-12(18)19/h11H,4-8H2,1-3H3,(H,18,19). The SMILES string of the molecule is Cc1nn(C)c(C)c1C(=O)N1CCCCC1CC(=O)O. The normalized spacial score (nSPS) is 19.1. The topological polar surface area (TPSA) is 75.4 Å². The van der Waals surface area contributed by atoms with Crippen molar-refractivity contribution < 1.29 is 14.7 Å². The Morgan fingerprint density at radius 2 is 2.05 bits per heavy atom. The van der Waals surface area contributed by atoms with Gasteiger partial charge in [0, 0.05) is 25.3 Å². The number of aryl methyl sites for hydroxylation is 2. The van der Waals surface area contributed by atoms with Gasteiger partial charge in [0.15, 0.2) is 0 Å². The largest absolute Gasteiger partial charge is 0.481 e. The number of rotatable bonds is 3. The molecule has 2 heterocycles. The highest BCUT2D eigenvalue weighted by Gasteiger charge is 2.31. The lowest BCUT2D eigenvalue weighted by molar-refractivity contribution is -0.138. The van der Waals surface area contributed by atoms with E-state index in [-0.39, 0.29) is 18.4 Å². The first-order valence-electron chi connectivity index (χ1n) is 6.94. The number of aromatic nitrogens is 2. The van der Waals surface area contributed by atoms with Crippen molar-refractivity contribution in [1.82, 2.24) is 14.7 Å². The Balaban J connectivity index is 2.27. The van der Waals surface area contributed by atoms with Crippen LogP contribution in [0.25, 0.3) is 0 Å². The van der Waals surface area contributed by atoms with Crippen LogP contribution in [0.3, 0.4) is 0 Å². The summed E-state index contributed by atoms with van der Waals surface area (Å²) in [5, 5.41) is 13.3. The van der Waals surface area contributed by atoms with Crippen molar-refractivity contribution in [2.75, 3.05) is 6.54 Å². The lowest BCUT2D eigenvalue weighted by Gasteiger charge is -2.35. The summed E-state index contributed by atoms with van der Waals surface area (Å²) >= 11 is 0. The van der Waals surface area contributed by atoms with E-state index in [0.717, 1.165) is 25.0 Å². The van der Waals surface area contributed by atoms with Crippen molar-refractivity contribution in [3.05, 3.63) is 17.0 Å².